The van der Waals surface area contributed by atoms with Gasteiger partial charge in [-0.05, 0) is 32.4 Å². The molecular formula is C19H30N6. The Morgan fingerprint density at radius 3 is 2.52 bits per heavy atom. The van der Waals surface area contributed by atoms with Crippen LogP contribution in [0.1, 0.15) is 38.1 Å². The van der Waals surface area contributed by atoms with Gasteiger partial charge in [-0.1, -0.05) is 30.3 Å². The Kier molecular flexibility index (Phi) is 6.58. The van der Waals surface area contributed by atoms with E-state index in [4.69, 9.17) is 0 Å². The SMILES string of the molecule is CN=C(NCc1ccnn1C)NCC(C)(C)NC(C)c1ccccc1. The Hall–Kier alpha value is -2.34. The fourth-order valence-electron chi connectivity index (χ4n) is 2.74. The number of aromatic nitrogens is 2. The smallest absolute Gasteiger partial charge is 0.191 e. The van der Waals surface area contributed by atoms with Crippen LogP contribution in [-0.4, -0.2) is 34.9 Å². The lowest BCUT2D eigenvalue weighted by molar-refractivity contribution is 0.344. The molecule has 2 aromatic rings. The summed E-state index contributed by atoms with van der Waals surface area (Å²) >= 11 is 0. The van der Waals surface area contributed by atoms with Gasteiger partial charge in [0.05, 0.1) is 12.2 Å². The molecule has 0 aliphatic carbocycles. The van der Waals surface area contributed by atoms with Gasteiger partial charge < -0.3 is 16.0 Å². The van der Waals surface area contributed by atoms with E-state index < -0.39 is 0 Å². The third-order valence-corrected chi connectivity index (χ3v) is 4.19. The largest absolute Gasteiger partial charge is 0.355 e. The van der Waals surface area contributed by atoms with Crippen LogP contribution in [0.15, 0.2) is 47.6 Å². The van der Waals surface area contributed by atoms with Crippen LogP contribution in [0, 0.1) is 0 Å². The van der Waals surface area contributed by atoms with E-state index in [-0.39, 0.29) is 11.6 Å². The zero-order valence-corrected chi connectivity index (χ0v) is 15.9. The van der Waals surface area contributed by atoms with Crippen LogP contribution in [0.2, 0.25) is 0 Å². The number of aliphatic imine (C=N–C) groups is 1. The molecule has 0 amide bonds. The highest BCUT2D eigenvalue weighted by Crippen LogP contribution is 2.15. The van der Waals surface area contributed by atoms with Crippen molar-refractivity contribution in [1.82, 2.24) is 25.7 Å². The average Bonchev–Trinajstić information content (AvgIpc) is 3.00. The average molecular weight is 342 g/mol. The maximum atomic E-state index is 4.29. The zero-order chi connectivity index (χ0) is 18.3. The van der Waals surface area contributed by atoms with E-state index in [1.165, 1.54) is 5.56 Å². The number of hydrogen-bond donors (Lipinski definition) is 3. The summed E-state index contributed by atoms with van der Waals surface area (Å²) < 4.78 is 1.85. The second kappa shape index (κ2) is 8.67. The van der Waals surface area contributed by atoms with Crippen molar-refractivity contribution in [2.45, 2.75) is 38.9 Å². The van der Waals surface area contributed by atoms with E-state index in [1.807, 2.05) is 23.9 Å². The molecule has 3 N–H and O–H groups in total. The van der Waals surface area contributed by atoms with Crippen molar-refractivity contribution in [1.29, 1.82) is 0 Å². The topological polar surface area (TPSA) is 66.3 Å². The fourth-order valence-corrected chi connectivity index (χ4v) is 2.74. The first kappa shape index (κ1) is 19.0. The molecule has 6 heteroatoms. The van der Waals surface area contributed by atoms with E-state index in [9.17, 15) is 0 Å². The standard InChI is InChI=1S/C19H30N6/c1-15(16-9-7-6-8-10-16)24-19(2,3)14-22-18(20-4)21-13-17-11-12-23-25(17)5/h6-12,15,24H,13-14H2,1-5H3,(H2,20,21,22). The van der Waals surface area contributed by atoms with E-state index >= 15 is 0 Å². The molecule has 0 bridgehead atoms. The summed E-state index contributed by atoms with van der Waals surface area (Å²) in [7, 11) is 3.72. The van der Waals surface area contributed by atoms with Gasteiger partial charge in [-0.25, -0.2) is 0 Å². The Balaban J connectivity index is 1.83. The summed E-state index contributed by atoms with van der Waals surface area (Å²) in [4.78, 5) is 4.29. The first-order valence-electron chi connectivity index (χ1n) is 8.65. The molecule has 0 aliphatic heterocycles. The molecular weight excluding hydrogens is 312 g/mol. The summed E-state index contributed by atoms with van der Waals surface area (Å²) in [5.41, 5.74) is 2.31. The molecule has 1 heterocycles. The molecule has 0 aliphatic rings. The Morgan fingerprint density at radius 1 is 1.20 bits per heavy atom. The first-order valence-corrected chi connectivity index (χ1v) is 8.65. The predicted octanol–water partition coefficient (Wildman–Crippen LogP) is 2.21. The predicted molar refractivity (Wildman–Crippen MR) is 103 cm³/mol. The van der Waals surface area contributed by atoms with Crippen LogP contribution in [0.3, 0.4) is 0 Å². The van der Waals surface area contributed by atoms with Gasteiger partial charge in [0.2, 0.25) is 0 Å². The van der Waals surface area contributed by atoms with Crippen LogP contribution < -0.4 is 16.0 Å². The lowest BCUT2D eigenvalue weighted by atomic mass is 10.0. The van der Waals surface area contributed by atoms with Crippen LogP contribution in [0.25, 0.3) is 0 Å². The number of hydrogen-bond acceptors (Lipinski definition) is 3. The number of nitrogens with one attached hydrogen (secondary N) is 3. The first-order chi connectivity index (χ1) is 11.9. The summed E-state index contributed by atoms with van der Waals surface area (Å²) in [6.45, 7) is 8.01. The second-order valence-corrected chi connectivity index (χ2v) is 6.89. The lowest BCUT2D eigenvalue weighted by Crippen LogP contribution is -2.52. The molecule has 1 aromatic heterocycles. The summed E-state index contributed by atoms with van der Waals surface area (Å²) in [6.07, 6.45) is 1.80. The number of benzene rings is 1. The molecule has 2 rings (SSSR count). The molecule has 1 aromatic carbocycles. The summed E-state index contributed by atoms with van der Waals surface area (Å²) in [5.74, 6) is 0.781. The van der Waals surface area contributed by atoms with E-state index in [0.29, 0.717) is 6.54 Å². The molecule has 136 valence electrons. The molecule has 0 saturated carbocycles. The van der Waals surface area contributed by atoms with E-state index in [1.54, 1.807) is 13.2 Å². The minimum atomic E-state index is -0.0839. The van der Waals surface area contributed by atoms with Gasteiger partial charge >= 0.3 is 0 Å². The number of nitrogens with zero attached hydrogens (tertiary/aromatic N) is 3. The van der Waals surface area contributed by atoms with Crippen molar-refractivity contribution in [2.75, 3.05) is 13.6 Å². The van der Waals surface area contributed by atoms with Gasteiger partial charge in [-0.15, -0.1) is 0 Å². The van der Waals surface area contributed by atoms with Crippen LogP contribution >= 0.6 is 0 Å². The Bertz CT molecular complexity index is 674. The van der Waals surface area contributed by atoms with Crippen molar-refractivity contribution in [2.24, 2.45) is 12.0 Å². The van der Waals surface area contributed by atoms with Gasteiger partial charge in [0.1, 0.15) is 0 Å². The zero-order valence-electron chi connectivity index (χ0n) is 15.9. The van der Waals surface area contributed by atoms with Crippen molar-refractivity contribution in [3.8, 4) is 0 Å². The Labute approximate surface area is 150 Å². The quantitative estimate of drug-likeness (QED) is 0.533. The van der Waals surface area contributed by atoms with Crippen molar-refractivity contribution in [3.05, 3.63) is 53.9 Å². The third-order valence-electron chi connectivity index (χ3n) is 4.19. The van der Waals surface area contributed by atoms with Crippen molar-refractivity contribution >= 4 is 5.96 Å². The van der Waals surface area contributed by atoms with Gasteiger partial charge in [-0.2, -0.15) is 5.10 Å². The van der Waals surface area contributed by atoms with E-state index in [2.05, 4.69) is 71.1 Å². The molecule has 25 heavy (non-hydrogen) atoms. The fraction of sp³-hybridized carbons (Fsp3) is 0.474. The third kappa shape index (κ3) is 5.90. The van der Waals surface area contributed by atoms with Gasteiger partial charge in [-0.3, -0.25) is 9.67 Å². The second-order valence-electron chi connectivity index (χ2n) is 6.89. The number of aryl methyl sites for hydroxylation is 1. The normalized spacial score (nSPS) is 13.6. The minimum Gasteiger partial charge on any atom is -0.355 e. The highest BCUT2D eigenvalue weighted by atomic mass is 15.3. The van der Waals surface area contributed by atoms with Crippen LogP contribution in [0.4, 0.5) is 0 Å². The molecule has 1 atom stereocenters. The highest BCUT2D eigenvalue weighted by molar-refractivity contribution is 5.79. The molecule has 6 nitrogen and oxygen atoms in total. The summed E-state index contributed by atoms with van der Waals surface area (Å²) in [5, 5.41) is 14.6. The number of guanidine groups is 1. The van der Waals surface area contributed by atoms with Gasteiger partial charge in [0, 0.05) is 38.4 Å². The van der Waals surface area contributed by atoms with Crippen LogP contribution in [0.5, 0.6) is 0 Å². The van der Waals surface area contributed by atoms with Crippen LogP contribution in [-0.2, 0) is 13.6 Å². The maximum absolute atomic E-state index is 4.29. The van der Waals surface area contributed by atoms with E-state index in [0.717, 1.165) is 18.2 Å². The minimum absolute atomic E-state index is 0.0839. The number of rotatable bonds is 7. The van der Waals surface area contributed by atoms with Crippen molar-refractivity contribution in [3.63, 3.8) is 0 Å². The molecule has 0 fully saturated rings. The summed E-state index contributed by atoms with van der Waals surface area (Å²) in [6, 6.07) is 12.8. The van der Waals surface area contributed by atoms with Gasteiger partial charge in [0.25, 0.3) is 0 Å². The van der Waals surface area contributed by atoms with Gasteiger partial charge in [0.15, 0.2) is 5.96 Å². The molecule has 0 saturated heterocycles. The molecule has 0 spiro atoms. The van der Waals surface area contributed by atoms with Crippen molar-refractivity contribution < 1.29 is 0 Å². The lowest BCUT2D eigenvalue weighted by Gasteiger charge is -2.31. The molecule has 0 radical (unpaired) electrons. The monoisotopic (exact) mass is 342 g/mol. The Morgan fingerprint density at radius 2 is 1.92 bits per heavy atom. The highest BCUT2D eigenvalue weighted by Gasteiger charge is 2.21. The molecule has 1 unspecified atom stereocenters. The maximum Gasteiger partial charge on any atom is 0.191 e.